The zero-order valence-electron chi connectivity index (χ0n) is 19.9. The highest BCUT2D eigenvalue weighted by Gasteiger charge is 2.20. The van der Waals surface area contributed by atoms with Crippen LogP contribution in [0.5, 0.6) is 0 Å². The summed E-state index contributed by atoms with van der Waals surface area (Å²) in [7, 11) is 3.97. The Labute approximate surface area is 200 Å². The summed E-state index contributed by atoms with van der Waals surface area (Å²) in [5.41, 5.74) is 9.26. The number of allylic oxidation sites excluding steroid dienone is 1. The van der Waals surface area contributed by atoms with E-state index in [2.05, 4.69) is 60.1 Å². The van der Waals surface area contributed by atoms with E-state index >= 15 is 0 Å². The first-order valence-electron chi connectivity index (χ1n) is 10.8. The van der Waals surface area contributed by atoms with Gasteiger partial charge in [-0.05, 0) is 48.9 Å². The second-order valence-electron chi connectivity index (χ2n) is 7.90. The number of hydrogen-bond donors (Lipinski definition) is 3. The highest BCUT2D eigenvalue weighted by atomic mass is 35.5. The molecule has 0 saturated carbocycles. The molecule has 2 heterocycles. The van der Waals surface area contributed by atoms with Gasteiger partial charge in [0.05, 0.1) is 22.4 Å². The van der Waals surface area contributed by atoms with Gasteiger partial charge in [0, 0.05) is 20.6 Å². The number of hydrogen-bond acceptors (Lipinski definition) is 5. The van der Waals surface area contributed by atoms with Crippen LogP contribution in [0.1, 0.15) is 43.7 Å². The Morgan fingerprint density at radius 2 is 2.00 bits per heavy atom. The molecule has 0 atom stereocenters. The Morgan fingerprint density at radius 1 is 1.36 bits per heavy atom. The minimum absolute atomic E-state index is 0.464. The van der Waals surface area contributed by atoms with Crippen LogP contribution in [0.2, 0.25) is 5.02 Å². The molecule has 3 aromatic rings. The number of anilines is 3. The number of nitrogens with zero attached hydrogens (tertiary/aromatic N) is 4. The Hall–Kier alpha value is -3.26. The second kappa shape index (κ2) is 11.6. The number of primary amides is 1. The van der Waals surface area contributed by atoms with Gasteiger partial charge in [0.25, 0.3) is 0 Å². The molecule has 33 heavy (non-hydrogen) atoms. The van der Waals surface area contributed by atoms with Crippen LogP contribution in [0.3, 0.4) is 0 Å². The summed E-state index contributed by atoms with van der Waals surface area (Å²) in [5, 5.41) is 11.3. The minimum atomic E-state index is -1.33. The molecule has 4 N–H and O–H groups in total. The van der Waals surface area contributed by atoms with Gasteiger partial charge in [-0.2, -0.15) is 0 Å². The molecule has 178 valence electrons. The van der Waals surface area contributed by atoms with Gasteiger partial charge in [-0.1, -0.05) is 37.6 Å². The number of amides is 1. The smallest absolute Gasteiger partial charge is 0.402 e. The van der Waals surface area contributed by atoms with Crippen molar-refractivity contribution in [3.8, 4) is 0 Å². The van der Waals surface area contributed by atoms with Crippen LogP contribution in [0.4, 0.5) is 22.2 Å². The molecular weight excluding hydrogens is 440 g/mol. The molecule has 2 aromatic heterocycles. The lowest BCUT2D eigenvalue weighted by Crippen LogP contribution is -2.11. The monoisotopic (exact) mass is 472 g/mol. The highest BCUT2D eigenvalue weighted by Crippen LogP contribution is 2.36. The number of nitrogens with two attached hydrogens (primary N) is 1. The third-order valence-electron chi connectivity index (χ3n) is 5.41. The highest BCUT2D eigenvalue weighted by molar-refractivity contribution is 6.35. The first-order chi connectivity index (χ1) is 15.6. The zero-order chi connectivity index (χ0) is 24.7. The Balaban J connectivity index is 0.000000890. The maximum atomic E-state index is 8.78. The molecule has 9 heteroatoms. The van der Waals surface area contributed by atoms with Gasteiger partial charge < -0.3 is 25.6 Å². The molecule has 1 aromatic carbocycles. The summed E-state index contributed by atoms with van der Waals surface area (Å²) in [6, 6.07) is 6.17. The predicted molar refractivity (Wildman–Crippen MR) is 137 cm³/mol. The van der Waals surface area contributed by atoms with Crippen molar-refractivity contribution in [2.24, 2.45) is 5.73 Å². The number of aryl methyl sites for hydroxylation is 1. The fraction of sp³-hybridized carbons (Fsp3) is 0.375. The number of carbonyl (C=O) groups is 1. The van der Waals surface area contributed by atoms with Crippen LogP contribution in [-0.2, 0) is 6.54 Å². The number of pyridine rings is 1. The summed E-state index contributed by atoms with van der Waals surface area (Å²) in [4.78, 5) is 20.2. The summed E-state index contributed by atoms with van der Waals surface area (Å²) < 4.78 is 2.17. The average Bonchev–Trinajstić information content (AvgIpc) is 3.10. The standard InChI is InChI=1S/C23H30ClN5.CH3NO2/c1-7-12-29-22-17(16(8-2)9-3)10-11-18(24)21(22)27-23(29)26-19-14-25-20(28(5)6)13-15(19)4;2-1(3)4/h7,10-11,13-14,16H,1,8-9,12H2,2-6H3,(H,26,27);2H2,(H,3,4). The fourth-order valence-corrected chi connectivity index (χ4v) is 3.92. The van der Waals surface area contributed by atoms with Crippen molar-refractivity contribution in [3.63, 3.8) is 0 Å². The summed E-state index contributed by atoms with van der Waals surface area (Å²) in [5.74, 6) is 2.14. The second-order valence-corrected chi connectivity index (χ2v) is 8.30. The summed E-state index contributed by atoms with van der Waals surface area (Å²) in [6.07, 6.45) is 4.56. The molecule has 8 nitrogen and oxygen atoms in total. The molecule has 0 saturated heterocycles. The van der Waals surface area contributed by atoms with Crippen molar-refractivity contribution in [1.29, 1.82) is 0 Å². The number of fused-ring (bicyclic) bond motifs is 1. The largest absolute Gasteiger partial charge is 0.465 e. The SMILES string of the molecule is C=CCn1c(Nc2cnc(N(C)C)cc2C)nc2c(Cl)ccc(C(CC)CC)c21.NC(=O)O. The molecule has 0 spiro atoms. The third kappa shape index (κ3) is 6.16. The molecule has 0 aliphatic rings. The first-order valence-corrected chi connectivity index (χ1v) is 11.2. The van der Waals surface area contributed by atoms with Crippen molar-refractivity contribution in [3.05, 3.63) is 53.2 Å². The molecular formula is C24H33ClN6O2. The molecule has 0 fully saturated rings. The van der Waals surface area contributed by atoms with Gasteiger partial charge in [-0.3, -0.25) is 0 Å². The van der Waals surface area contributed by atoms with E-state index in [1.54, 1.807) is 0 Å². The minimum Gasteiger partial charge on any atom is -0.465 e. The number of imidazole rings is 1. The van der Waals surface area contributed by atoms with Gasteiger partial charge in [-0.15, -0.1) is 6.58 Å². The fourth-order valence-electron chi connectivity index (χ4n) is 3.73. The molecule has 0 aliphatic carbocycles. The summed E-state index contributed by atoms with van der Waals surface area (Å²) >= 11 is 6.55. The van der Waals surface area contributed by atoms with Crippen LogP contribution in [-0.4, -0.2) is 39.8 Å². The Kier molecular flexibility index (Phi) is 9.11. The first kappa shape index (κ1) is 26.0. The molecule has 0 bridgehead atoms. The van der Waals surface area contributed by atoms with Gasteiger partial charge in [-0.25, -0.2) is 14.8 Å². The van der Waals surface area contributed by atoms with Crippen molar-refractivity contribution < 1.29 is 9.90 Å². The zero-order valence-corrected chi connectivity index (χ0v) is 20.6. The summed E-state index contributed by atoms with van der Waals surface area (Å²) in [6.45, 7) is 11.1. The van der Waals surface area contributed by atoms with E-state index in [1.807, 2.05) is 37.3 Å². The lowest BCUT2D eigenvalue weighted by molar-refractivity contribution is 0.205. The Morgan fingerprint density at radius 3 is 2.52 bits per heavy atom. The molecule has 0 aliphatic heterocycles. The number of aromatic nitrogens is 3. The van der Waals surface area contributed by atoms with Crippen molar-refractivity contribution in [2.45, 2.75) is 46.1 Å². The molecule has 1 amide bonds. The average molecular weight is 473 g/mol. The van der Waals surface area contributed by atoms with Crippen molar-refractivity contribution >= 4 is 46.2 Å². The molecule has 0 unspecified atom stereocenters. The van der Waals surface area contributed by atoms with Gasteiger partial charge in [0.1, 0.15) is 11.3 Å². The predicted octanol–water partition coefficient (Wildman–Crippen LogP) is 5.92. The van der Waals surface area contributed by atoms with E-state index in [4.69, 9.17) is 26.5 Å². The van der Waals surface area contributed by atoms with Crippen LogP contribution in [0.25, 0.3) is 11.0 Å². The van der Waals surface area contributed by atoms with Crippen LogP contribution in [0.15, 0.2) is 37.1 Å². The lowest BCUT2D eigenvalue weighted by atomic mass is 9.93. The number of halogens is 1. The number of rotatable bonds is 8. The van der Waals surface area contributed by atoms with Gasteiger partial charge in [0.15, 0.2) is 0 Å². The number of nitrogens with one attached hydrogen (secondary N) is 1. The maximum Gasteiger partial charge on any atom is 0.402 e. The van der Waals surface area contributed by atoms with Gasteiger partial charge in [0.2, 0.25) is 5.95 Å². The third-order valence-corrected chi connectivity index (χ3v) is 5.72. The number of carboxylic acid groups (broad SMARTS) is 1. The van der Waals surface area contributed by atoms with E-state index in [0.29, 0.717) is 17.5 Å². The molecule has 3 rings (SSSR count). The van der Waals surface area contributed by atoms with E-state index in [0.717, 1.165) is 46.9 Å². The van der Waals surface area contributed by atoms with Crippen LogP contribution >= 0.6 is 11.6 Å². The van der Waals surface area contributed by atoms with Crippen LogP contribution in [0, 0.1) is 6.92 Å². The van der Waals surface area contributed by atoms with E-state index in [-0.39, 0.29) is 0 Å². The van der Waals surface area contributed by atoms with Crippen molar-refractivity contribution in [2.75, 3.05) is 24.3 Å². The van der Waals surface area contributed by atoms with Gasteiger partial charge >= 0.3 is 6.09 Å². The van der Waals surface area contributed by atoms with E-state index < -0.39 is 6.09 Å². The quantitative estimate of drug-likeness (QED) is 0.351. The van der Waals surface area contributed by atoms with Crippen molar-refractivity contribution in [1.82, 2.24) is 14.5 Å². The topological polar surface area (TPSA) is 109 Å². The maximum absolute atomic E-state index is 8.78. The normalized spacial score (nSPS) is 10.6. The Bertz CT molecular complexity index is 1120. The van der Waals surface area contributed by atoms with E-state index in [9.17, 15) is 0 Å². The van der Waals surface area contributed by atoms with E-state index in [1.165, 1.54) is 5.56 Å². The number of benzene rings is 1. The molecule has 0 radical (unpaired) electrons. The van der Waals surface area contributed by atoms with Crippen LogP contribution < -0.4 is 16.0 Å². The lowest BCUT2D eigenvalue weighted by Gasteiger charge is -2.17.